The zero-order valence-electron chi connectivity index (χ0n) is 27.2. The number of carboxylic acid groups (broad SMARTS) is 1. The normalized spacial score (nSPS) is 15.9. The van der Waals surface area contributed by atoms with E-state index in [2.05, 4.69) is 0 Å². The number of carbonyl (C=O) groups is 5. The molecule has 46 heavy (non-hydrogen) atoms. The molecule has 0 radical (unpaired) electrons. The average Bonchev–Trinajstić information content (AvgIpc) is 2.98. The van der Waals surface area contributed by atoms with Gasteiger partial charge in [-0.05, 0) is 56.2 Å². The molecule has 0 saturated carbocycles. The largest absolute Gasteiger partial charge is 0.485 e. The number of aliphatic carboxylic acids is 1. The Bertz CT molecular complexity index is 1410. The van der Waals surface area contributed by atoms with E-state index in [1.807, 2.05) is 27.7 Å². The Kier molecular flexibility index (Phi) is 13.6. The Morgan fingerprint density at radius 2 is 1.24 bits per heavy atom. The minimum atomic E-state index is -1.03. The first-order chi connectivity index (χ1) is 22.0. The van der Waals surface area contributed by atoms with E-state index < -0.39 is 47.8 Å². The molecule has 2 aromatic carbocycles. The number of rotatable bonds is 16. The van der Waals surface area contributed by atoms with Crippen molar-refractivity contribution in [1.82, 2.24) is 0 Å². The van der Waals surface area contributed by atoms with Gasteiger partial charge in [0, 0.05) is 49.3 Å². The van der Waals surface area contributed by atoms with Crippen LogP contribution in [-0.2, 0) is 30.4 Å². The standard InChI is InChI=1S/C35H44O11/c1-6-11-30(36)42-22-18-27(44-32(38)13-8-3)25-20-24(23(10-5)35(40)41)34(46-28(25)19-22)21-15-16-26(43-31(37)12-7-2)29(17-21)45-33(39)14-9-4/h15-19,23-24,34H,6-14,20H2,1-5H3,(H,40,41)/t23-,24?,34?/m1/s1. The fourth-order valence-corrected chi connectivity index (χ4v) is 5.33. The molecule has 2 aromatic rings. The number of ether oxygens (including phenoxy) is 5. The molecular formula is C35H44O11. The molecule has 1 heterocycles. The Labute approximate surface area is 269 Å². The fraction of sp³-hybridized carbons (Fsp3) is 0.514. The first kappa shape index (κ1) is 36.1. The van der Waals surface area contributed by atoms with E-state index in [4.69, 9.17) is 23.7 Å². The van der Waals surface area contributed by atoms with Crippen molar-refractivity contribution in [2.75, 3.05) is 0 Å². The third kappa shape index (κ3) is 9.55. The molecule has 1 aliphatic rings. The molecule has 250 valence electrons. The van der Waals surface area contributed by atoms with E-state index in [1.165, 1.54) is 24.3 Å². The summed E-state index contributed by atoms with van der Waals surface area (Å²) in [5, 5.41) is 10.2. The van der Waals surface area contributed by atoms with Gasteiger partial charge < -0.3 is 28.8 Å². The summed E-state index contributed by atoms with van der Waals surface area (Å²) in [5.74, 6) is -3.95. The molecule has 0 fully saturated rings. The van der Waals surface area contributed by atoms with Crippen molar-refractivity contribution in [3.63, 3.8) is 0 Å². The zero-order chi connectivity index (χ0) is 33.8. The number of benzene rings is 2. The lowest BCUT2D eigenvalue weighted by Crippen LogP contribution is -2.35. The van der Waals surface area contributed by atoms with E-state index >= 15 is 0 Å². The fourth-order valence-electron chi connectivity index (χ4n) is 5.33. The van der Waals surface area contributed by atoms with E-state index in [-0.39, 0.29) is 67.3 Å². The van der Waals surface area contributed by atoms with Crippen LogP contribution in [0, 0.1) is 11.8 Å². The predicted molar refractivity (Wildman–Crippen MR) is 167 cm³/mol. The topological polar surface area (TPSA) is 152 Å². The molecule has 0 bridgehead atoms. The lowest BCUT2D eigenvalue weighted by atomic mass is 9.77. The van der Waals surface area contributed by atoms with Gasteiger partial charge in [-0.1, -0.05) is 40.7 Å². The SMILES string of the molecule is CCCC(=O)Oc1cc(OC(=O)CCC)c2c(c1)OC(c1ccc(OC(=O)CCC)c(OC(=O)CCC)c1)C([C@@H](CC)C(=O)O)C2. The van der Waals surface area contributed by atoms with Crippen molar-refractivity contribution in [2.45, 2.75) is 105 Å². The number of esters is 4. The van der Waals surface area contributed by atoms with Gasteiger partial charge in [0.15, 0.2) is 11.5 Å². The molecular weight excluding hydrogens is 596 g/mol. The summed E-state index contributed by atoms with van der Waals surface area (Å²) in [5.41, 5.74) is 0.947. The Morgan fingerprint density at radius 3 is 1.76 bits per heavy atom. The molecule has 0 aliphatic carbocycles. The summed E-state index contributed by atoms with van der Waals surface area (Å²) >= 11 is 0. The van der Waals surface area contributed by atoms with Crippen LogP contribution in [0.4, 0.5) is 0 Å². The van der Waals surface area contributed by atoms with E-state index in [1.54, 1.807) is 13.0 Å². The lowest BCUT2D eigenvalue weighted by Gasteiger charge is -2.37. The monoisotopic (exact) mass is 640 g/mol. The van der Waals surface area contributed by atoms with Crippen LogP contribution in [0.1, 0.15) is 110 Å². The van der Waals surface area contributed by atoms with E-state index in [9.17, 15) is 29.1 Å². The van der Waals surface area contributed by atoms with Gasteiger partial charge in [0.25, 0.3) is 0 Å². The van der Waals surface area contributed by atoms with Gasteiger partial charge in [0.05, 0.1) is 5.92 Å². The van der Waals surface area contributed by atoms with Crippen molar-refractivity contribution < 1.29 is 52.8 Å². The highest BCUT2D eigenvalue weighted by Crippen LogP contribution is 2.49. The quantitative estimate of drug-likeness (QED) is 0.150. The molecule has 2 unspecified atom stereocenters. The summed E-state index contributed by atoms with van der Waals surface area (Å²) in [6.45, 7) is 9.11. The van der Waals surface area contributed by atoms with Crippen molar-refractivity contribution in [1.29, 1.82) is 0 Å². The van der Waals surface area contributed by atoms with E-state index in [0.717, 1.165) is 0 Å². The van der Waals surface area contributed by atoms with Crippen LogP contribution in [0.2, 0.25) is 0 Å². The smallest absolute Gasteiger partial charge is 0.311 e. The van der Waals surface area contributed by atoms with Gasteiger partial charge in [-0.3, -0.25) is 24.0 Å². The molecule has 11 nitrogen and oxygen atoms in total. The van der Waals surface area contributed by atoms with E-state index in [0.29, 0.717) is 36.8 Å². The molecule has 0 spiro atoms. The molecule has 0 saturated heterocycles. The second kappa shape index (κ2) is 17.3. The maximum Gasteiger partial charge on any atom is 0.311 e. The predicted octanol–water partition coefficient (Wildman–Crippen LogP) is 6.91. The number of carboxylic acids is 1. The summed E-state index contributed by atoms with van der Waals surface area (Å²) in [7, 11) is 0. The molecule has 1 aliphatic heterocycles. The highest BCUT2D eigenvalue weighted by atomic mass is 16.6. The summed E-state index contributed by atoms with van der Waals surface area (Å²) in [6, 6.07) is 7.63. The van der Waals surface area contributed by atoms with Gasteiger partial charge in [0.1, 0.15) is 23.4 Å². The van der Waals surface area contributed by atoms with Gasteiger partial charge in [0.2, 0.25) is 0 Å². The molecule has 3 rings (SSSR count). The third-order valence-electron chi connectivity index (χ3n) is 7.51. The number of fused-ring (bicyclic) bond motifs is 1. The van der Waals surface area contributed by atoms with Gasteiger partial charge >= 0.3 is 29.8 Å². The Balaban J connectivity index is 2.16. The third-order valence-corrected chi connectivity index (χ3v) is 7.51. The van der Waals surface area contributed by atoms with Gasteiger partial charge in [-0.2, -0.15) is 0 Å². The maximum absolute atomic E-state index is 12.6. The van der Waals surface area contributed by atoms with Crippen LogP contribution >= 0.6 is 0 Å². The van der Waals surface area contributed by atoms with Crippen molar-refractivity contribution in [3.8, 4) is 28.7 Å². The minimum absolute atomic E-state index is 0.00774. The van der Waals surface area contributed by atoms with Crippen LogP contribution in [0.25, 0.3) is 0 Å². The Hall–Kier alpha value is -4.41. The van der Waals surface area contributed by atoms with Crippen molar-refractivity contribution >= 4 is 29.8 Å². The number of hydrogen-bond acceptors (Lipinski definition) is 10. The molecule has 3 atom stereocenters. The van der Waals surface area contributed by atoms with Gasteiger partial charge in [-0.25, -0.2) is 0 Å². The van der Waals surface area contributed by atoms with Crippen molar-refractivity contribution in [3.05, 3.63) is 41.5 Å². The zero-order valence-corrected chi connectivity index (χ0v) is 27.2. The van der Waals surface area contributed by atoms with Crippen LogP contribution in [0.5, 0.6) is 28.7 Å². The second-order valence-corrected chi connectivity index (χ2v) is 11.3. The lowest BCUT2D eigenvalue weighted by molar-refractivity contribution is -0.146. The number of hydrogen-bond donors (Lipinski definition) is 1. The molecule has 0 amide bonds. The van der Waals surface area contributed by atoms with Crippen LogP contribution in [-0.4, -0.2) is 35.0 Å². The molecule has 0 aromatic heterocycles. The first-order valence-corrected chi connectivity index (χ1v) is 16.1. The van der Waals surface area contributed by atoms with Gasteiger partial charge in [-0.15, -0.1) is 0 Å². The highest BCUT2D eigenvalue weighted by Gasteiger charge is 2.41. The summed E-state index contributed by atoms with van der Waals surface area (Å²) in [4.78, 5) is 62.3. The first-order valence-electron chi connectivity index (χ1n) is 16.1. The Morgan fingerprint density at radius 1 is 0.717 bits per heavy atom. The molecule has 11 heteroatoms. The minimum Gasteiger partial charge on any atom is -0.485 e. The summed E-state index contributed by atoms with van der Waals surface area (Å²) < 4.78 is 28.8. The molecule has 1 N–H and O–H groups in total. The van der Waals surface area contributed by atoms with Crippen LogP contribution in [0.15, 0.2) is 30.3 Å². The maximum atomic E-state index is 12.6. The van der Waals surface area contributed by atoms with Crippen molar-refractivity contribution in [2.24, 2.45) is 11.8 Å². The number of carbonyl (C=O) groups excluding carboxylic acids is 4. The second-order valence-electron chi connectivity index (χ2n) is 11.3. The van der Waals surface area contributed by atoms with Crippen LogP contribution in [0.3, 0.4) is 0 Å². The summed E-state index contributed by atoms with van der Waals surface area (Å²) in [6.07, 6.45) is 2.43. The van der Waals surface area contributed by atoms with Crippen LogP contribution < -0.4 is 23.7 Å². The average molecular weight is 641 g/mol. The highest BCUT2D eigenvalue weighted by molar-refractivity contribution is 5.77.